The molecule has 0 amide bonds. The Kier molecular flexibility index (Phi) is 9.06. The van der Waals surface area contributed by atoms with Crippen molar-refractivity contribution < 1.29 is 32.6 Å². The van der Waals surface area contributed by atoms with Gasteiger partial charge in [-0.25, -0.2) is 18.6 Å². The van der Waals surface area contributed by atoms with Crippen molar-refractivity contribution >= 4 is 11.8 Å². The maximum absolute atomic E-state index is 13.9. The Morgan fingerprint density at radius 1 is 1.05 bits per heavy atom. The second kappa shape index (κ2) is 12.8. The van der Waals surface area contributed by atoms with Crippen molar-refractivity contribution in [3.8, 4) is 17.2 Å². The van der Waals surface area contributed by atoms with Crippen LogP contribution in [0.5, 0.6) is 5.75 Å². The predicted molar refractivity (Wildman–Crippen MR) is 145 cm³/mol. The fourth-order valence-corrected chi connectivity index (χ4v) is 4.07. The van der Waals surface area contributed by atoms with Gasteiger partial charge in [0.25, 0.3) is 0 Å². The van der Waals surface area contributed by atoms with E-state index in [1.807, 2.05) is 37.3 Å². The number of carboxylic acids is 1. The molecule has 0 unspecified atom stereocenters. The highest BCUT2D eigenvalue weighted by Gasteiger charge is 2.19. The molecule has 0 saturated heterocycles. The fraction of sp³-hybridized carbons (Fsp3) is 0.194. The molecule has 0 fully saturated rings. The zero-order valence-electron chi connectivity index (χ0n) is 22.0. The Balaban J connectivity index is 1.31. The number of halogens is 2. The Morgan fingerprint density at radius 3 is 2.48 bits per heavy atom. The number of carboxylic acid groups (broad SMARTS) is 1. The number of ether oxygens (including phenoxy) is 1. The number of allylic oxidation sites excluding steroid dienone is 2. The van der Waals surface area contributed by atoms with Crippen LogP contribution in [0.3, 0.4) is 0 Å². The van der Waals surface area contributed by atoms with E-state index < -0.39 is 35.0 Å². The molecule has 1 heterocycles. The summed E-state index contributed by atoms with van der Waals surface area (Å²) in [4.78, 5) is 28.7. The number of oxazole rings is 1. The molecule has 40 heavy (non-hydrogen) atoms. The van der Waals surface area contributed by atoms with Crippen LogP contribution in [0.25, 0.3) is 11.5 Å². The Bertz CT molecular complexity index is 1510. The maximum atomic E-state index is 13.9. The average molecular weight is 547 g/mol. The van der Waals surface area contributed by atoms with E-state index in [1.165, 1.54) is 13.0 Å². The van der Waals surface area contributed by atoms with Crippen molar-refractivity contribution in [2.24, 2.45) is 0 Å². The summed E-state index contributed by atoms with van der Waals surface area (Å²) < 4.78 is 39.0. The highest BCUT2D eigenvalue weighted by molar-refractivity contribution is 6.05. The molecular weight excluding hydrogens is 518 g/mol. The van der Waals surface area contributed by atoms with E-state index in [-0.39, 0.29) is 12.1 Å². The molecule has 4 aromatic rings. The minimum absolute atomic E-state index is 0.115. The molecular formula is C31H28F2N2O5. The van der Waals surface area contributed by atoms with Gasteiger partial charge in [0, 0.05) is 30.2 Å². The lowest BCUT2D eigenvalue weighted by Gasteiger charge is -2.16. The van der Waals surface area contributed by atoms with Crippen LogP contribution in [-0.4, -0.2) is 34.5 Å². The van der Waals surface area contributed by atoms with E-state index in [2.05, 4.69) is 10.3 Å². The first-order valence-electron chi connectivity index (χ1n) is 12.6. The number of aliphatic carboxylic acids is 1. The molecule has 7 nitrogen and oxygen atoms in total. The summed E-state index contributed by atoms with van der Waals surface area (Å²) in [6.45, 7) is 3.73. The molecule has 0 aliphatic carbocycles. The second-order valence-electron chi connectivity index (χ2n) is 9.16. The van der Waals surface area contributed by atoms with Gasteiger partial charge in [0.2, 0.25) is 5.89 Å². The van der Waals surface area contributed by atoms with Crippen molar-refractivity contribution in [1.82, 2.24) is 10.3 Å². The summed E-state index contributed by atoms with van der Waals surface area (Å²) in [7, 11) is 0. The van der Waals surface area contributed by atoms with Gasteiger partial charge in [0.1, 0.15) is 17.6 Å². The molecule has 3 aromatic carbocycles. The zero-order valence-corrected chi connectivity index (χ0v) is 22.0. The molecule has 1 aromatic heterocycles. The van der Waals surface area contributed by atoms with Gasteiger partial charge < -0.3 is 19.6 Å². The molecule has 4 rings (SSSR count). The molecule has 206 valence electrons. The van der Waals surface area contributed by atoms with Crippen molar-refractivity contribution in [3.05, 3.63) is 119 Å². The number of ketones is 1. The molecule has 2 N–H and O–H groups in total. The van der Waals surface area contributed by atoms with Gasteiger partial charge >= 0.3 is 5.97 Å². The quantitative estimate of drug-likeness (QED) is 0.168. The van der Waals surface area contributed by atoms with Gasteiger partial charge in [-0.05, 0) is 55.8 Å². The molecule has 1 atom stereocenters. The van der Waals surface area contributed by atoms with Crippen LogP contribution in [0.2, 0.25) is 0 Å². The molecule has 9 heteroatoms. The largest absolute Gasteiger partial charge is 0.493 e. The number of hydrogen-bond acceptors (Lipinski definition) is 6. The molecule has 0 aliphatic heterocycles. The normalized spacial score (nSPS) is 12.2. The molecule has 0 aliphatic rings. The SMILES string of the molecule is C/C(=C\C(=O)c1cccc(F)c1F)N[C@@H](Cc1ccc(OCCc2nc(-c3ccccc3)oc2C)cc1)C(=O)O. The third kappa shape index (κ3) is 7.19. The van der Waals surface area contributed by atoms with Gasteiger partial charge in [0.05, 0.1) is 17.9 Å². The number of carbonyl (C=O) groups excluding carboxylic acids is 1. The summed E-state index contributed by atoms with van der Waals surface area (Å²) in [5.74, 6) is -2.37. The Morgan fingerprint density at radius 2 is 1.77 bits per heavy atom. The number of aryl methyl sites for hydroxylation is 1. The minimum atomic E-state index is -1.25. The fourth-order valence-electron chi connectivity index (χ4n) is 4.07. The molecule has 0 bridgehead atoms. The van der Waals surface area contributed by atoms with Crippen molar-refractivity contribution in [1.29, 1.82) is 0 Å². The molecule has 0 saturated carbocycles. The summed E-state index contributed by atoms with van der Waals surface area (Å²) in [5, 5.41) is 12.4. The van der Waals surface area contributed by atoms with Crippen molar-refractivity contribution in [2.75, 3.05) is 6.61 Å². The van der Waals surface area contributed by atoms with Crippen LogP contribution >= 0.6 is 0 Å². The van der Waals surface area contributed by atoms with Crippen LogP contribution < -0.4 is 10.1 Å². The Hall–Kier alpha value is -4.79. The second-order valence-corrected chi connectivity index (χ2v) is 9.16. The van der Waals surface area contributed by atoms with Crippen LogP contribution in [-0.2, 0) is 17.6 Å². The topological polar surface area (TPSA) is 102 Å². The van der Waals surface area contributed by atoms with E-state index in [4.69, 9.17) is 9.15 Å². The molecule has 0 radical (unpaired) electrons. The lowest BCUT2D eigenvalue weighted by molar-refractivity contribution is -0.139. The van der Waals surface area contributed by atoms with E-state index in [0.717, 1.165) is 40.8 Å². The number of carbonyl (C=O) groups is 2. The van der Waals surface area contributed by atoms with Gasteiger partial charge in [-0.1, -0.05) is 36.4 Å². The van der Waals surface area contributed by atoms with E-state index >= 15 is 0 Å². The summed E-state index contributed by atoms with van der Waals surface area (Å²) >= 11 is 0. The van der Waals surface area contributed by atoms with Gasteiger partial charge in [0.15, 0.2) is 17.4 Å². The zero-order chi connectivity index (χ0) is 28.6. The maximum Gasteiger partial charge on any atom is 0.326 e. The Labute approximate surface area is 230 Å². The highest BCUT2D eigenvalue weighted by Crippen LogP contribution is 2.22. The lowest BCUT2D eigenvalue weighted by Crippen LogP contribution is -2.37. The van der Waals surface area contributed by atoms with Gasteiger partial charge in [-0.3, -0.25) is 4.79 Å². The van der Waals surface area contributed by atoms with Gasteiger partial charge in [-0.15, -0.1) is 0 Å². The third-order valence-corrected chi connectivity index (χ3v) is 6.15. The number of hydrogen-bond donors (Lipinski definition) is 2. The van der Waals surface area contributed by atoms with Crippen LogP contribution in [0.15, 0.2) is 89.0 Å². The first-order valence-corrected chi connectivity index (χ1v) is 12.6. The number of aromatic nitrogens is 1. The molecule has 0 spiro atoms. The van der Waals surface area contributed by atoms with E-state index in [9.17, 15) is 23.5 Å². The smallest absolute Gasteiger partial charge is 0.326 e. The first-order chi connectivity index (χ1) is 19.2. The number of nitrogens with zero attached hydrogens (tertiary/aromatic N) is 1. The van der Waals surface area contributed by atoms with E-state index in [0.29, 0.717) is 24.7 Å². The first kappa shape index (κ1) is 28.2. The number of nitrogens with one attached hydrogen (secondary N) is 1. The monoisotopic (exact) mass is 546 g/mol. The van der Waals surface area contributed by atoms with E-state index in [1.54, 1.807) is 24.3 Å². The summed E-state index contributed by atoms with van der Waals surface area (Å²) in [6, 6.07) is 18.9. The van der Waals surface area contributed by atoms with Crippen molar-refractivity contribution in [3.63, 3.8) is 0 Å². The van der Waals surface area contributed by atoms with Crippen molar-refractivity contribution in [2.45, 2.75) is 32.7 Å². The minimum Gasteiger partial charge on any atom is -0.493 e. The highest BCUT2D eigenvalue weighted by atomic mass is 19.2. The average Bonchev–Trinajstić information content (AvgIpc) is 3.31. The van der Waals surface area contributed by atoms with Crippen LogP contribution in [0.4, 0.5) is 8.78 Å². The van der Waals surface area contributed by atoms with Crippen LogP contribution in [0.1, 0.15) is 34.3 Å². The lowest BCUT2D eigenvalue weighted by atomic mass is 10.0. The predicted octanol–water partition coefficient (Wildman–Crippen LogP) is 5.92. The summed E-state index contributed by atoms with van der Waals surface area (Å²) in [6.07, 6.45) is 1.71. The number of benzene rings is 3. The van der Waals surface area contributed by atoms with Crippen LogP contribution in [0, 0.1) is 18.6 Å². The van der Waals surface area contributed by atoms with Gasteiger partial charge in [-0.2, -0.15) is 0 Å². The standard InChI is InChI=1S/C31H28F2N2O5/c1-19(17-28(36)24-9-6-10-25(32)29(24)33)34-27(31(37)38)18-21-11-13-23(14-12-21)39-16-15-26-20(2)40-30(35-26)22-7-4-3-5-8-22/h3-14,17,27,34H,15-16,18H2,1-2H3,(H,37,38)/b19-17+/t27-/m0/s1. The number of rotatable bonds is 12. The summed E-state index contributed by atoms with van der Waals surface area (Å²) in [5.41, 5.74) is 2.22. The third-order valence-electron chi connectivity index (χ3n) is 6.15.